The van der Waals surface area contributed by atoms with Crippen molar-refractivity contribution < 1.29 is 4.79 Å². The maximum atomic E-state index is 11.7. The monoisotopic (exact) mass is 226 g/mol. The SMILES string of the molecule is CC[C@@H](N)C(=O)N[C@H](C)C1CCCCCC1. The van der Waals surface area contributed by atoms with Crippen LogP contribution in [0.4, 0.5) is 0 Å². The predicted octanol–water partition coefficient (Wildman–Crippen LogP) is 2.20. The molecule has 0 aromatic heterocycles. The van der Waals surface area contributed by atoms with E-state index in [4.69, 9.17) is 5.73 Å². The lowest BCUT2D eigenvalue weighted by molar-refractivity contribution is -0.123. The summed E-state index contributed by atoms with van der Waals surface area (Å²) in [5.74, 6) is 0.662. The maximum absolute atomic E-state index is 11.7. The molecule has 1 aliphatic carbocycles. The molecule has 0 aromatic carbocycles. The molecule has 0 heterocycles. The smallest absolute Gasteiger partial charge is 0.237 e. The van der Waals surface area contributed by atoms with E-state index in [0.717, 1.165) is 0 Å². The summed E-state index contributed by atoms with van der Waals surface area (Å²) < 4.78 is 0. The van der Waals surface area contributed by atoms with Crippen molar-refractivity contribution >= 4 is 5.91 Å². The van der Waals surface area contributed by atoms with E-state index in [-0.39, 0.29) is 18.0 Å². The van der Waals surface area contributed by atoms with Crippen LogP contribution in [-0.2, 0) is 4.79 Å². The molecule has 1 aliphatic rings. The van der Waals surface area contributed by atoms with Crippen molar-refractivity contribution in [1.29, 1.82) is 0 Å². The van der Waals surface area contributed by atoms with Gasteiger partial charge in [0.15, 0.2) is 0 Å². The standard InChI is InChI=1S/C13H26N2O/c1-3-12(14)13(16)15-10(2)11-8-6-4-5-7-9-11/h10-12H,3-9,14H2,1-2H3,(H,15,16)/t10-,12-/m1/s1. The Bertz CT molecular complexity index is 210. The Kier molecular flexibility index (Phi) is 5.81. The highest BCUT2D eigenvalue weighted by Crippen LogP contribution is 2.25. The Hall–Kier alpha value is -0.570. The second-order valence-corrected chi connectivity index (χ2v) is 5.06. The molecule has 0 aliphatic heterocycles. The van der Waals surface area contributed by atoms with E-state index in [1.807, 2.05) is 6.92 Å². The molecule has 0 saturated heterocycles. The summed E-state index contributed by atoms with van der Waals surface area (Å²) in [5, 5.41) is 3.06. The molecule has 1 amide bonds. The lowest BCUT2D eigenvalue weighted by Crippen LogP contribution is -2.46. The summed E-state index contributed by atoms with van der Waals surface area (Å²) in [6.45, 7) is 4.07. The third kappa shape index (κ3) is 4.12. The normalized spacial score (nSPS) is 22.2. The van der Waals surface area contributed by atoms with Crippen molar-refractivity contribution in [2.24, 2.45) is 11.7 Å². The molecule has 3 heteroatoms. The van der Waals surface area contributed by atoms with Gasteiger partial charge in [-0.2, -0.15) is 0 Å². The quantitative estimate of drug-likeness (QED) is 0.722. The van der Waals surface area contributed by atoms with Gasteiger partial charge in [-0.05, 0) is 32.1 Å². The first-order valence-corrected chi connectivity index (χ1v) is 6.71. The molecule has 1 rings (SSSR count). The molecule has 0 radical (unpaired) electrons. The molecule has 0 unspecified atom stereocenters. The highest BCUT2D eigenvalue weighted by molar-refractivity contribution is 5.81. The van der Waals surface area contributed by atoms with Crippen LogP contribution in [0.25, 0.3) is 0 Å². The summed E-state index contributed by atoms with van der Waals surface area (Å²) in [6.07, 6.45) is 8.54. The van der Waals surface area contributed by atoms with E-state index >= 15 is 0 Å². The van der Waals surface area contributed by atoms with Crippen molar-refractivity contribution in [3.8, 4) is 0 Å². The van der Waals surface area contributed by atoms with Gasteiger partial charge in [0.05, 0.1) is 6.04 Å². The minimum absolute atomic E-state index is 0.0132. The van der Waals surface area contributed by atoms with Crippen LogP contribution < -0.4 is 11.1 Å². The summed E-state index contributed by atoms with van der Waals surface area (Å²) >= 11 is 0. The number of hydrogen-bond donors (Lipinski definition) is 2. The molecular formula is C13H26N2O. The molecule has 1 fully saturated rings. The molecule has 2 atom stereocenters. The number of nitrogens with two attached hydrogens (primary N) is 1. The van der Waals surface area contributed by atoms with Gasteiger partial charge in [-0.15, -0.1) is 0 Å². The van der Waals surface area contributed by atoms with Crippen LogP contribution in [0.2, 0.25) is 0 Å². The number of carbonyl (C=O) groups is 1. The van der Waals surface area contributed by atoms with Crippen LogP contribution >= 0.6 is 0 Å². The Morgan fingerprint density at radius 2 is 1.88 bits per heavy atom. The van der Waals surface area contributed by atoms with Gasteiger partial charge < -0.3 is 11.1 Å². The van der Waals surface area contributed by atoms with Gasteiger partial charge in [0.25, 0.3) is 0 Å². The van der Waals surface area contributed by atoms with Gasteiger partial charge in [-0.3, -0.25) is 4.79 Å². The predicted molar refractivity (Wildman–Crippen MR) is 67.1 cm³/mol. The summed E-state index contributed by atoms with van der Waals surface area (Å²) in [4.78, 5) is 11.7. The van der Waals surface area contributed by atoms with Gasteiger partial charge >= 0.3 is 0 Å². The summed E-state index contributed by atoms with van der Waals surface area (Å²) in [7, 11) is 0. The summed E-state index contributed by atoms with van der Waals surface area (Å²) in [5.41, 5.74) is 5.71. The summed E-state index contributed by atoms with van der Waals surface area (Å²) in [6, 6.07) is -0.0589. The van der Waals surface area contributed by atoms with E-state index in [1.54, 1.807) is 0 Å². The number of nitrogens with one attached hydrogen (secondary N) is 1. The van der Waals surface area contributed by atoms with Crippen molar-refractivity contribution in [2.45, 2.75) is 70.9 Å². The number of rotatable bonds is 4. The topological polar surface area (TPSA) is 55.1 Å². The Morgan fingerprint density at radius 1 is 1.31 bits per heavy atom. The Balaban J connectivity index is 2.37. The number of amides is 1. The highest BCUT2D eigenvalue weighted by atomic mass is 16.2. The minimum Gasteiger partial charge on any atom is -0.352 e. The zero-order valence-corrected chi connectivity index (χ0v) is 10.7. The van der Waals surface area contributed by atoms with Crippen LogP contribution in [0.5, 0.6) is 0 Å². The number of carbonyl (C=O) groups excluding carboxylic acids is 1. The largest absolute Gasteiger partial charge is 0.352 e. The third-order valence-corrected chi connectivity index (χ3v) is 3.75. The van der Waals surface area contributed by atoms with Crippen LogP contribution in [0.3, 0.4) is 0 Å². The molecule has 3 N–H and O–H groups in total. The molecule has 0 aromatic rings. The van der Waals surface area contributed by atoms with E-state index in [9.17, 15) is 4.79 Å². The zero-order valence-electron chi connectivity index (χ0n) is 10.7. The first kappa shape index (κ1) is 13.5. The Labute approximate surface area is 99.2 Å². The fourth-order valence-electron chi connectivity index (χ4n) is 2.45. The third-order valence-electron chi connectivity index (χ3n) is 3.75. The van der Waals surface area contributed by atoms with E-state index in [2.05, 4.69) is 12.2 Å². The number of hydrogen-bond acceptors (Lipinski definition) is 2. The fourth-order valence-corrected chi connectivity index (χ4v) is 2.45. The lowest BCUT2D eigenvalue weighted by Gasteiger charge is -2.24. The van der Waals surface area contributed by atoms with Gasteiger partial charge in [0.1, 0.15) is 0 Å². The van der Waals surface area contributed by atoms with E-state index in [0.29, 0.717) is 12.3 Å². The minimum atomic E-state index is -0.340. The lowest BCUT2D eigenvalue weighted by atomic mass is 9.93. The van der Waals surface area contributed by atoms with E-state index < -0.39 is 0 Å². The molecule has 0 spiro atoms. The molecule has 3 nitrogen and oxygen atoms in total. The first-order valence-electron chi connectivity index (χ1n) is 6.71. The maximum Gasteiger partial charge on any atom is 0.237 e. The fraction of sp³-hybridized carbons (Fsp3) is 0.923. The zero-order chi connectivity index (χ0) is 12.0. The van der Waals surface area contributed by atoms with Crippen molar-refractivity contribution in [1.82, 2.24) is 5.32 Å². The van der Waals surface area contributed by atoms with Crippen LogP contribution in [0.1, 0.15) is 58.8 Å². The molecule has 1 saturated carbocycles. The highest BCUT2D eigenvalue weighted by Gasteiger charge is 2.22. The molecule has 0 bridgehead atoms. The van der Waals surface area contributed by atoms with Gasteiger partial charge in [0.2, 0.25) is 5.91 Å². The molecule has 94 valence electrons. The second-order valence-electron chi connectivity index (χ2n) is 5.06. The van der Waals surface area contributed by atoms with Crippen molar-refractivity contribution in [3.05, 3.63) is 0 Å². The van der Waals surface area contributed by atoms with Gasteiger partial charge in [0, 0.05) is 6.04 Å². The van der Waals surface area contributed by atoms with Crippen LogP contribution in [-0.4, -0.2) is 18.0 Å². The van der Waals surface area contributed by atoms with Crippen LogP contribution in [0, 0.1) is 5.92 Å². The van der Waals surface area contributed by atoms with Crippen LogP contribution in [0.15, 0.2) is 0 Å². The molecule has 16 heavy (non-hydrogen) atoms. The second kappa shape index (κ2) is 6.89. The van der Waals surface area contributed by atoms with Crippen molar-refractivity contribution in [3.63, 3.8) is 0 Å². The first-order chi connectivity index (χ1) is 7.65. The average Bonchev–Trinajstić information content (AvgIpc) is 2.56. The average molecular weight is 226 g/mol. The Morgan fingerprint density at radius 3 is 2.38 bits per heavy atom. The molecular weight excluding hydrogens is 200 g/mol. The van der Waals surface area contributed by atoms with Gasteiger partial charge in [-0.25, -0.2) is 0 Å². The van der Waals surface area contributed by atoms with Crippen molar-refractivity contribution in [2.75, 3.05) is 0 Å². The van der Waals surface area contributed by atoms with E-state index in [1.165, 1.54) is 38.5 Å². The van der Waals surface area contributed by atoms with Gasteiger partial charge in [-0.1, -0.05) is 32.6 Å².